The number of morpholine rings is 1. The number of amides is 1. The molecule has 1 unspecified atom stereocenters. The number of ether oxygens (including phenoxy) is 1. The van der Waals surface area contributed by atoms with Crippen LogP contribution in [-0.2, 0) is 15.7 Å². The minimum Gasteiger partial charge on any atom is -0.480 e. The van der Waals surface area contributed by atoms with Crippen molar-refractivity contribution < 1.29 is 32.6 Å². The Hall–Kier alpha value is -2.88. The van der Waals surface area contributed by atoms with E-state index < -0.39 is 29.7 Å². The van der Waals surface area contributed by atoms with E-state index in [-0.39, 0.29) is 31.1 Å². The van der Waals surface area contributed by atoms with Crippen LogP contribution in [0.3, 0.4) is 0 Å². The maximum absolute atomic E-state index is 12.8. The topological polar surface area (TPSA) is 84.7 Å². The summed E-state index contributed by atoms with van der Waals surface area (Å²) in [4.78, 5) is 24.9. The number of nitrogens with zero attached hydrogens (tertiary/aromatic N) is 3. The van der Waals surface area contributed by atoms with Gasteiger partial charge in [-0.3, -0.25) is 4.79 Å². The van der Waals surface area contributed by atoms with Crippen LogP contribution in [-0.4, -0.2) is 57.5 Å². The number of benzene rings is 1. The quantitative estimate of drug-likeness (QED) is 0.892. The molecule has 1 aliphatic rings. The number of hydrogen-bond acceptors (Lipinski definition) is 4. The van der Waals surface area contributed by atoms with Gasteiger partial charge in [-0.15, -0.1) is 0 Å². The van der Waals surface area contributed by atoms with Crippen molar-refractivity contribution in [2.45, 2.75) is 12.2 Å². The number of alkyl halides is 3. The van der Waals surface area contributed by atoms with Crippen LogP contribution in [0.4, 0.5) is 13.2 Å². The van der Waals surface area contributed by atoms with E-state index in [0.717, 1.165) is 21.7 Å². The standard InChI is InChI=1S/C16H14F3N3O4/c17-16(18,19)10-2-1-3-11(8-10)22-5-4-12(20-22)14(23)21-6-7-26-9-13(21)15(24)25/h1-5,8,13H,6-7,9H2,(H,24,25). The fourth-order valence-electron chi connectivity index (χ4n) is 2.61. The molecule has 0 saturated carbocycles. The Morgan fingerprint density at radius 3 is 2.73 bits per heavy atom. The van der Waals surface area contributed by atoms with E-state index in [1.165, 1.54) is 24.4 Å². The summed E-state index contributed by atoms with van der Waals surface area (Å²) in [5.41, 5.74) is -0.760. The molecule has 1 amide bonds. The van der Waals surface area contributed by atoms with Gasteiger partial charge in [0.15, 0.2) is 11.7 Å². The second-order valence-corrected chi connectivity index (χ2v) is 5.62. The highest BCUT2D eigenvalue weighted by molar-refractivity contribution is 5.95. The molecule has 1 N–H and O–H groups in total. The van der Waals surface area contributed by atoms with Gasteiger partial charge < -0.3 is 14.7 Å². The van der Waals surface area contributed by atoms with Gasteiger partial charge in [-0.25, -0.2) is 9.48 Å². The highest BCUT2D eigenvalue weighted by Gasteiger charge is 2.34. The molecule has 1 atom stereocenters. The number of aliphatic carboxylic acids is 1. The molecule has 1 aliphatic heterocycles. The molecule has 26 heavy (non-hydrogen) atoms. The predicted molar refractivity (Wildman–Crippen MR) is 81.8 cm³/mol. The maximum Gasteiger partial charge on any atom is 0.416 e. The molecule has 0 radical (unpaired) electrons. The average molecular weight is 369 g/mol. The Morgan fingerprint density at radius 2 is 2.04 bits per heavy atom. The van der Waals surface area contributed by atoms with Gasteiger partial charge in [0, 0.05) is 12.7 Å². The first-order chi connectivity index (χ1) is 12.3. The van der Waals surface area contributed by atoms with Gasteiger partial charge in [-0.05, 0) is 24.3 Å². The van der Waals surface area contributed by atoms with E-state index in [0.29, 0.717) is 0 Å². The summed E-state index contributed by atoms with van der Waals surface area (Å²) in [5, 5.41) is 13.2. The monoisotopic (exact) mass is 369 g/mol. The molecule has 0 aliphatic carbocycles. The second-order valence-electron chi connectivity index (χ2n) is 5.62. The van der Waals surface area contributed by atoms with E-state index in [1.54, 1.807) is 0 Å². The Kier molecular flexibility index (Phi) is 4.68. The van der Waals surface area contributed by atoms with Crippen molar-refractivity contribution >= 4 is 11.9 Å². The smallest absolute Gasteiger partial charge is 0.416 e. The van der Waals surface area contributed by atoms with Gasteiger partial charge in [0.05, 0.1) is 24.5 Å². The van der Waals surface area contributed by atoms with E-state index in [2.05, 4.69) is 5.10 Å². The summed E-state index contributed by atoms with van der Waals surface area (Å²) in [6.07, 6.45) is -3.15. The van der Waals surface area contributed by atoms with E-state index in [9.17, 15) is 27.9 Å². The predicted octanol–water partition coefficient (Wildman–Crippen LogP) is 1.82. The van der Waals surface area contributed by atoms with Gasteiger partial charge in [-0.2, -0.15) is 18.3 Å². The SMILES string of the molecule is O=C(O)C1COCCN1C(=O)c1ccn(-c2cccc(C(F)(F)F)c2)n1. The summed E-state index contributed by atoms with van der Waals surface area (Å²) < 4.78 is 44.7. The fraction of sp³-hybridized carbons (Fsp3) is 0.312. The lowest BCUT2D eigenvalue weighted by molar-refractivity contribution is -0.147. The van der Waals surface area contributed by atoms with Crippen molar-refractivity contribution in [2.75, 3.05) is 19.8 Å². The molecule has 7 nitrogen and oxygen atoms in total. The zero-order valence-electron chi connectivity index (χ0n) is 13.3. The number of carbonyl (C=O) groups excluding carboxylic acids is 1. The van der Waals surface area contributed by atoms with Crippen molar-refractivity contribution in [3.05, 3.63) is 47.8 Å². The third-order valence-electron chi connectivity index (χ3n) is 3.92. The molecule has 1 aromatic heterocycles. The van der Waals surface area contributed by atoms with E-state index >= 15 is 0 Å². The molecular formula is C16H14F3N3O4. The molecule has 1 fully saturated rings. The van der Waals surface area contributed by atoms with Crippen molar-refractivity contribution in [1.82, 2.24) is 14.7 Å². The highest BCUT2D eigenvalue weighted by atomic mass is 19.4. The van der Waals surface area contributed by atoms with E-state index in [1.807, 2.05) is 0 Å². The number of carbonyl (C=O) groups is 2. The number of carboxylic acids is 1. The highest BCUT2D eigenvalue weighted by Crippen LogP contribution is 2.30. The summed E-state index contributed by atoms with van der Waals surface area (Å²) in [7, 11) is 0. The maximum atomic E-state index is 12.8. The van der Waals surface area contributed by atoms with Crippen LogP contribution in [0.2, 0.25) is 0 Å². The number of rotatable bonds is 3. The molecular weight excluding hydrogens is 355 g/mol. The van der Waals surface area contributed by atoms with Crippen LogP contribution in [0.15, 0.2) is 36.5 Å². The first-order valence-electron chi connectivity index (χ1n) is 7.62. The lowest BCUT2D eigenvalue weighted by Crippen LogP contribution is -2.52. The van der Waals surface area contributed by atoms with Crippen molar-refractivity contribution in [2.24, 2.45) is 0 Å². The van der Waals surface area contributed by atoms with Gasteiger partial charge >= 0.3 is 12.1 Å². The van der Waals surface area contributed by atoms with Crippen molar-refractivity contribution in [3.63, 3.8) is 0 Å². The first kappa shape index (κ1) is 17.9. The third-order valence-corrected chi connectivity index (χ3v) is 3.92. The van der Waals surface area contributed by atoms with Gasteiger partial charge in [0.1, 0.15) is 0 Å². The van der Waals surface area contributed by atoms with E-state index in [4.69, 9.17) is 4.74 Å². The van der Waals surface area contributed by atoms with Crippen LogP contribution in [0, 0.1) is 0 Å². The average Bonchev–Trinajstić information content (AvgIpc) is 3.10. The molecule has 2 aromatic rings. The number of carboxylic acid groups (broad SMARTS) is 1. The largest absolute Gasteiger partial charge is 0.480 e. The molecule has 0 bridgehead atoms. The lowest BCUT2D eigenvalue weighted by Gasteiger charge is -2.32. The Morgan fingerprint density at radius 1 is 1.27 bits per heavy atom. The van der Waals surface area contributed by atoms with Crippen molar-refractivity contribution in [1.29, 1.82) is 0 Å². The summed E-state index contributed by atoms with van der Waals surface area (Å²) >= 11 is 0. The summed E-state index contributed by atoms with van der Waals surface area (Å²) in [5.74, 6) is -1.82. The number of halogens is 3. The van der Waals surface area contributed by atoms with Gasteiger partial charge in [-0.1, -0.05) is 6.07 Å². The lowest BCUT2D eigenvalue weighted by atomic mass is 10.2. The second kappa shape index (κ2) is 6.79. The molecule has 0 spiro atoms. The van der Waals surface area contributed by atoms with Gasteiger partial charge in [0.2, 0.25) is 0 Å². The molecule has 10 heteroatoms. The van der Waals surface area contributed by atoms with Crippen LogP contribution < -0.4 is 0 Å². The first-order valence-corrected chi connectivity index (χ1v) is 7.62. The Bertz CT molecular complexity index is 834. The third kappa shape index (κ3) is 3.54. The molecule has 3 rings (SSSR count). The van der Waals surface area contributed by atoms with Crippen molar-refractivity contribution in [3.8, 4) is 5.69 Å². The van der Waals surface area contributed by atoms with Crippen LogP contribution in [0.25, 0.3) is 5.69 Å². The molecule has 1 saturated heterocycles. The minimum absolute atomic E-state index is 0.0597. The van der Waals surface area contributed by atoms with Crippen LogP contribution in [0.1, 0.15) is 16.1 Å². The van der Waals surface area contributed by atoms with Crippen LogP contribution in [0.5, 0.6) is 0 Å². The van der Waals surface area contributed by atoms with Gasteiger partial charge in [0.25, 0.3) is 5.91 Å². The normalized spacial score (nSPS) is 18.0. The molecule has 138 valence electrons. The number of aromatic nitrogens is 2. The van der Waals surface area contributed by atoms with Crippen LogP contribution >= 0.6 is 0 Å². The Balaban J connectivity index is 1.86. The summed E-state index contributed by atoms with van der Waals surface area (Å²) in [6.45, 7) is 0.158. The Labute approximate surface area is 145 Å². The molecule has 2 heterocycles. The number of hydrogen-bond donors (Lipinski definition) is 1. The zero-order chi connectivity index (χ0) is 18.9. The fourth-order valence-corrected chi connectivity index (χ4v) is 2.61. The summed E-state index contributed by atoms with van der Waals surface area (Å²) in [6, 6.07) is 4.71. The molecule has 1 aromatic carbocycles. The zero-order valence-corrected chi connectivity index (χ0v) is 13.3. The minimum atomic E-state index is -4.50.